The first kappa shape index (κ1) is 15.3. The first-order chi connectivity index (χ1) is 10.0. The summed E-state index contributed by atoms with van der Waals surface area (Å²) in [6.07, 6.45) is 7.33. The highest BCUT2D eigenvalue weighted by Gasteiger charge is 2.41. The standard InChI is InChI=1S/C17H31N3O/c1-12-3-6-14(7-4-12)19(2)17(21)11-20-9-13-5-8-16(18)15(13)10-20/h12-16H,3-11,18H2,1-2H3. The predicted octanol–water partition coefficient (Wildman–Crippen LogP) is 1.69. The molecule has 1 saturated heterocycles. The maximum Gasteiger partial charge on any atom is 0.236 e. The highest BCUT2D eigenvalue weighted by Crippen LogP contribution is 2.37. The minimum absolute atomic E-state index is 0.308. The number of amides is 1. The zero-order valence-corrected chi connectivity index (χ0v) is 13.6. The topological polar surface area (TPSA) is 49.6 Å². The summed E-state index contributed by atoms with van der Waals surface area (Å²) in [6, 6.07) is 0.839. The summed E-state index contributed by atoms with van der Waals surface area (Å²) < 4.78 is 0. The van der Waals surface area contributed by atoms with E-state index in [0.717, 1.165) is 24.9 Å². The lowest BCUT2D eigenvalue weighted by molar-refractivity contribution is -0.133. The Hall–Kier alpha value is -0.610. The molecule has 3 unspecified atom stereocenters. The van der Waals surface area contributed by atoms with Crippen molar-refractivity contribution in [3.8, 4) is 0 Å². The van der Waals surface area contributed by atoms with Crippen molar-refractivity contribution in [1.29, 1.82) is 0 Å². The van der Waals surface area contributed by atoms with Crippen LogP contribution in [0, 0.1) is 17.8 Å². The van der Waals surface area contributed by atoms with Gasteiger partial charge in [-0.15, -0.1) is 0 Å². The maximum atomic E-state index is 12.5. The van der Waals surface area contributed by atoms with Crippen LogP contribution in [0.2, 0.25) is 0 Å². The van der Waals surface area contributed by atoms with Crippen molar-refractivity contribution in [2.75, 3.05) is 26.7 Å². The number of carbonyl (C=O) groups excluding carboxylic acids is 1. The van der Waals surface area contributed by atoms with E-state index in [4.69, 9.17) is 5.73 Å². The lowest BCUT2D eigenvalue weighted by atomic mass is 9.87. The molecule has 0 spiro atoms. The van der Waals surface area contributed by atoms with Gasteiger partial charge in [0, 0.05) is 32.2 Å². The number of rotatable bonds is 3. The summed E-state index contributed by atoms with van der Waals surface area (Å²) in [6.45, 7) is 5.04. The molecule has 2 N–H and O–H groups in total. The van der Waals surface area contributed by atoms with Gasteiger partial charge in [-0.2, -0.15) is 0 Å². The van der Waals surface area contributed by atoms with E-state index in [0.29, 0.717) is 30.5 Å². The average molecular weight is 293 g/mol. The zero-order valence-electron chi connectivity index (χ0n) is 13.6. The van der Waals surface area contributed by atoms with Crippen LogP contribution in [-0.2, 0) is 4.79 Å². The van der Waals surface area contributed by atoms with Gasteiger partial charge in [-0.25, -0.2) is 0 Å². The quantitative estimate of drug-likeness (QED) is 0.861. The lowest BCUT2D eigenvalue weighted by Gasteiger charge is -2.34. The van der Waals surface area contributed by atoms with Crippen LogP contribution >= 0.6 is 0 Å². The van der Waals surface area contributed by atoms with Crippen LogP contribution in [0.1, 0.15) is 45.4 Å². The fourth-order valence-electron chi connectivity index (χ4n) is 4.67. The Morgan fingerprint density at radius 1 is 1.14 bits per heavy atom. The van der Waals surface area contributed by atoms with Crippen LogP contribution in [0.5, 0.6) is 0 Å². The SMILES string of the molecule is CC1CCC(N(C)C(=O)CN2CC3CCC(N)C3C2)CC1. The summed E-state index contributed by atoms with van der Waals surface area (Å²) in [7, 11) is 2.01. The Morgan fingerprint density at radius 2 is 1.86 bits per heavy atom. The van der Waals surface area contributed by atoms with Gasteiger partial charge in [-0.1, -0.05) is 6.92 Å². The molecule has 1 aliphatic heterocycles. The van der Waals surface area contributed by atoms with Crippen LogP contribution in [0.3, 0.4) is 0 Å². The molecule has 3 aliphatic rings. The number of hydrogen-bond donors (Lipinski definition) is 1. The molecule has 2 aliphatic carbocycles. The van der Waals surface area contributed by atoms with Gasteiger partial charge in [-0.3, -0.25) is 9.69 Å². The third-order valence-corrected chi connectivity index (χ3v) is 6.27. The largest absolute Gasteiger partial charge is 0.342 e. The van der Waals surface area contributed by atoms with Crippen LogP contribution in [0.15, 0.2) is 0 Å². The second-order valence-corrected chi connectivity index (χ2v) is 7.78. The van der Waals surface area contributed by atoms with Gasteiger partial charge in [0.1, 0.15) is 0 Å². The van der Waals surface area contributed by atoms with Gasteiger partial charge in [0.15, 0.2) is 0 Å². The number of nitrogens with two attached hydrogens (primary N) is 1. The van der Waals surface area contributed by atoms with Gasteiger partial charge < -0.3 is 10.6 Å². The molecular formula is C17H31N3O. The van der Waals surface area contributed by atoms with E-state index in [1.54, 1.807) is 0 Å². The Morgan fingerprint density at radius 3 is 2.52 bits per heavy atom. The number of carbonyl (C=O) groups is 1. The molecule has 2 saturated carbocycles. The van der Waals surface area contributed by atoms with Crippen LogP contribution in [0.4, 0.5) is 0 Å². The zero-order chi connectivity index (χ0) is 15.0. The summed E-state index contributed by atoms with van der Waals surface area (Å²) >= 11 is 0. The fraction of sp³-hybridized carbons (Fsp3) is 0.941. The first-order valence-corrected chi connectivity index (χ1v) is 8.78. The van der Waals surface area contributed by atoms with E-state index in [-0.39, 0.29) is 0 Å². The molecule has 3 rings (SSSR count). The molecule has 4 heteroatoms. The summed E-state index contributed by atoms with van der Waals surface area (Å²) in [4.78, 5) is 16.9. The highest BCUT2D eigenvalue weighted by molar-refractivity contribution is 5.78. The van der Waals surface area contributed by atoms with Crippen LogP contribution < -0.4 is 5.73 Å². The fourth-order valence-corrected chi connectivity index (χ4v) is 4.67. The minimum Gasteiger partial charge on any atom is -0.342 e. The van der Waals surface area contributed by atoms with Crippen molar-refractivity contribution >= 4 is 5.91 Å². The molecule has 0 bridgehead atoms. The smallest absolute Gasteiger partial charge is 0.236 e. The molecule has 0 aromatic heterocycles. The summed E-state index contributed by atoms with van der Waals surface area (Å²) in [5.74, 6) is 2.53. The van der Waals surface area contributed by atoms with Gasteiger partial charge in [0.25, 0.3) is 0 Å². The number of likely N-dealkylation sites (tertiary alicyclic amines) is 1. The van der Waals surface area contributed by atoms with Crippen molar-refractivity contribution in [3.63, 3.8) is 0 Å². The van der Waals surface area contributed by atoms with E-state index in [9.17, 15) is 4.79 Å². The van der Waals surface area contributed by atoms with Gasteiger partial charge >= 0.3 is 0 Å². The highest BCUT2D eigenvalue weighted by atomic mass is 16.2. The number of fused-ring (bicyclic) bond motifs is 1. The Balaban J connectivity index is 1.48. The molecule has 21 heavy (non-hydrogen) atoms. The van der Waals surface area contributed by atoms with Crippen LogP contribution in [0.25, 0.3) is 0 Å². The normalized spacial score (nSPS) is 40.2. The maximum absolute atomic E-state index is 12.5. The monoisotopic (exact) mass is 293 g/mol. The predicted molar refractivity (Wildman–Crippen MR) is 84.8 cm³/mol. The average Bonchev–Trinajstić information content (AvgIpc) is 3.01. The summed E-state index contributed by atoms with van der Waals surface area (Å²) in [5, 5.41) is 0. The van der Waals surface area contributed by atoms with E-state index in [1.807, 2.05) is 11.9 Å². The van der Waals surface area contributed by atoms with E-state index >= 15 is 0 Å². The van der Waals surface area contributed by atoms with Gasteiger partial charge in [-0.05, 0) is 56.3 Å². The molecular weight excluding hydrogens is 262 g/mol. The van der Waals surface area contributed by atoms with Crippen molar-refractivity contribution in [2.45, 2.75) is 57.5 Å². The van der Waals surface area contributed by atoms with Gasteiger partial charge in [0.05, 0.1) is 6.54 Å². The molecule has 0 aromatic carbocycles. The van der Waals surface area contributed by atoms with Crippen LogP contribution in [-0.4, -0.2) is 54.5 Å². The third-order valence-electron chi connectivity index (χ3n) is 6.27. The van der Waals surface area contributed by atoms with Crippen molar-refractivity contribution in [1.82, 2.24) is 9.80 Å². The molecule has 1 amide bonds. The lowest BCUT2D eigenvalue weighted by Crippen LogP contribution is -2.44. The Kier molecular flexibility index (Phi) is 4.55. The van der Waals surface area contributed by atoms with E-state index in [2.05, 4.69) is 11.8 Å². The minimum atomic E-state index is 0.308. The molecule has 0 radical (unpaired) electrons. The molecule has 3 atom stereocenters. The Labute approximate surface area is 129 Å². The molecule has 0 aromatic rings. The van der Waals surface area contributed by atoms with Crippen molar-refractivity contribution in [2.24, 2.45) is 23.5 Å². The molecule has 120 valence electrons. The van der Waals surface area contributed by atoms with Crippen molar-refractivity contribution in [3.05, 3.63) is 0 Å². The summed E-state index contributed by atoms with van der Waals surface area (Å²) in [5.41, 5.74) is 6.18. The third kappa shape index (κ3) is 3.26. The number of nitrogens with zero attached hydrogens (tertiary/aromatic N) is 2. The first-order valence-electron chi connectivity index (χ1n) is 8.78. The van der Waals surface area contributed by atoms with E-state index in [1.165, 1.54) is 38.5 Å². The van der Waals surface area contributed by atoms with Crippen molar-refractivity contribution < 1.29 is 4.79 Å². The number of hydrogen-bond acceptors (Lipinski definition) is 3. The second kappa shape index (κ2) is 6.25. The van der Waals surface area contributed by atoms with E-state index < -0.39 is 0 Å². The second-order valence-electron chi connectivity index (χ2n) is 7.78. The molecule has 1 heterocycles. The molecule has 3 fully saturated rings. The Bertz CT molecular complexity index is 378. The number of likely N-dealkylation sites (N-methyl/N-ethyl adjacent to an activating group) is 1. The van der Waals surface area contributed by atoms with Gasteiger partial charge in [0.2, 0.25) is 5.91 Å². The molecule has 4 nitrogen and oxygen atoms in total.